The smallest absolute Gasteiger partial charge is 0.256 e. The fourth-order valence-electron chi connectivity index (χ4n) is 2.52. The summed E-state index contributed by atoms with van der Waals surface area (Å²) in [6, 6.07) is 17.3. The normalized spacial score (nSPS) is 11.4. The molecule has 2 aromatic carbocycles. The molecule has 8 heteroatoms. The van der Waals surface area contributed by atoms with Crippen LogP contribution in [0.5, 0.6) is 0 Å². The third-order valence-electron chi connectivity index (χ3n) is 4.14. The Morgan fingerprint density at radius 3 is 2.30 bits per heavy atom. The lowest BCUT2D eigenvalue weighted by Crippen LogP contribution is -2.19. The molecule has 0 radical (unpaired) electrons. The number of nitrogens with zero attached hydrogens (tertiary/aromatic N) is 4. The van der Waals surface area contributed by atoms with Gasteiger partial charge in [0.15, 0.2) is 5.82 Å². The van der Waals surface area contributed by atoms with Crippen LogP contribution in [0.4, 0.5) is 11.6 Å². The van der Waals surface area contributed by atoms with E-state index in [9.17, 15) is 8.42 Å². The molecule has 1 heterocycles. The Bertz CT molecular complexity index is 996. The van der Waals surface area contributed by atoms with E-state index in [1.54, 1.807) is 6.92 Å². The van der Waals surface area contributed by atoms with Crippen LogP contribution in [0, 0.1) is 0 Å². The molecule has 7 nitrogen and oxygen atoms in total. The Hall–Kier alpha value is -2.87. The van der Waals surface area contributed by atoms with Crippen molar-refractivity contribution >= 4 is 21.7 Å². The molecule has 0 aliphatic heterocycles. The van der Waals surface area contributed by atoms with Crippen molar-refractivity contribution in [3.63, 3.8) is 0 Å². The van der Waals surface area contributed by atoms with Crippen LogP contribution < -0.4 is 10.2 Å². The molecule has 0 atom stereocenters. The summed E-state index contributed by atoms with van der Waals surface area (Å²) in [6.07, 6.45) is 0. The van der Waals surface area contributed by atoms with Crippen molar-refractivity contribution in [2.45, 2.75) is 13.5 Å². The van der Waals surface area contributed by atoms with Crippen LogP contribution in [0.2, 0.25) is 0 Å². The molecule has 0 spiro atoms. The molecular formula is C19H23N5O2S. The third kappa shape index (κ3) is 4.28. The summed E-state index contributed by atoms with van der Waals surface area (Å²) in [6.45, 7) is 2.03. The third-order valence-corrected chi connectivity index (χ3v) is 5.65. The first kappa shape index (κ1) is 18.9. The van der Waals surface area contributed by atoms with E-state index in [2.05, 4.69) is 15.4 Å². The second-order valence-corrected chi connectivity index (χ2v) is 8.37. The number of rotatable bonds is 7. The van der Waals surface area contributed by atoms with E-state index in [1.165, 1.54) is 0 Å². The zero-order valence-electron chi connectivity index (χ0n) is 15.6. The molecule has 1 N–H and O–H groups in total. The van der Waals surface area contributed by atoms with E-state index in [1.807, 2.05) is 73.6 Å². The summed E-state index contributed by atoms with van der Waals surface area (Å²) in [5.74, 6) is 0.530. The van der Waals surface area contributed by atoms with E-state index in [4.69, 9.17) is 0 Å². The molecule has 3 rings (SSSR count). The van der Waals surface area contributed by atoms with Crippen LogP contribution in [-0.2, 0) is 16.6 Å². The first-order valence-corrected chi connectivity index (χ1v) is 10.3. The Kier molecular flexibility index (Phi) is 5.46. The van der Waals surface area contributed by atoms with Crippen LogP contribution in [0.1, 0.15) is 12.5 Å². The van der Waals surface area contributed by atoms with Gasteiger partial charge in [-0.25, -0.2) is 8.42 Å². The standard InChI is InChI=1S/C19H23N5O2S/c1-4-27(25,26)24-19(21-18(22-24)16-8-6-5-7-9-16)20-14-15-10-12-17(13-11-15)23(2)3/h5-13H,4,14H2,1-3H3,(H,20,21,22). The van der Waals surface area contributed by atoms with Gasteiger partial charge < -0.3 is 10.2 Å². The van der Waals surface area contributed by atoms with Gasteiger partial charge in [-0.3, -0.25) is 0 Å². The molecule has 0 saturated heterocycles. The molecule has 1 aromatic heterocycles. The van der Waals surface area contributed by atoms with Crippen molar-refractivity contribution in [2.75, 3.05) is 30.1 Å². The van der Waals surface area contributed by atoms with Gasteiger partial charge in [-0.15, -0.1) is 9.19 Å². The van der Waals surface area contributed by atoms with E-state index < -0.39 is 10.0 Å². The zero-order chi connectivity index (χ0) is 19.4. The van der Waals surface area contributed by atoms with Crippen LogP contribution in [0.25, 0.3) is 11.4 Å². The number of hydrogen-bond donors (Lipinski definition) is 1. The molecule has 0 aliphatic carbocycles. The highest BCUT2D eigenvalue weighted by Gasteiger charge is 2.20. The Morgan fingerprint density at radius 1 is 1.04 bits per heavy atom. The molecule has 0 amide bonds. The fraction of sp³-hybridized carbons (Fsp3) is 0.263. The maximum absolute atomic E-state index is 12.4. The molecule has 3 aromatic rings. The van der Waals surface area contributed by atoms with E-state index in [0.29, 0.717) is 12.4 Å². The molecular weight excluding hydrogens is 362 g/mol. The number of hydrogen-bond acceptors (Lipinski definition) is 6. The SMILES string of the molecule is CCS(=O)(=O)n1nc(-c2ccccc2)nc1NCc1ccc(N(C)C)cc1. The highest BCUT2D eigenvalue weighted by molar-refractivity contribution is 7.89. The lowest BCUT2D eigenvalue weighted by molar-refractivity contribution is 0.582. The summed E-state index contributed by atoms with van der Waals surface area (Å²) in [5.41, 5.74) is 2.88. The molecule has 0 unspecified atom stereocenters. The first-order chi connectivity index (χ1) is 12.9. The molecule has 0 bridgehead atoms. The van der Waals surface area contributed by atoms with Gasteiger partial charge in [0.1, 0.15) is 0 Å². The summed E-state index contributed by atoms with van der Waals surface area (Å²) < 4.78 is 25.8. The van der Waals surface area contributed by atoms with Crippen molar-refractivity contribution < 1.29 is 8.42 Å². The van der Waals surface area contributed by atoms with Gasteiger partial charge >= 0.3 is 0 Å². The highest BCUT2D eigenvalue weighted by atomic mass is 32.2. The number of aromatic nitrogens is 3. The predicted octanol–water partition coefficient (Wildman–Crippen LogP) is 2.82. The Labute approximate surface area is 159 Å². The predicted molar refractivity (Wildman–Crippen MR) is 108 cm³/mol. The van der Waals surface area contributed by atoms with E-state index >= 15 is 0 Å². The second-order valence-electron chi connectivity index (χ2n) is 6.28. The van der Waals surface area contributed by atoms with Crippen LogP contribution >= 0.6 is 0 Å². The van der Waals surface area contributed by atoms with Gasteiger partial charge in [-0.1, -0.05) is 42.5 Å². The highest BCUT2D eigenvalue weighted by Crippen LogP contribution is 2.20. The largest absolute Gasteiger partial charge is 0.378 e. The molecule has 0 saturated carbocycles. The quantitative estimate of drug-likeness (QED) is 0.674. The Morgan fingerprint density at radius 2 is 1.70 bits per heavy atom. The van der Waals surface area contributed by atoms with Crippen molar-refractivity contribution in [1.82, 2.24) is 14.2 Å². The topological polar surface area (TPSA) is 80.1 Å². The summed E-state index contributed by atoms with van der Waals surface area (Å²) >= 11 is 0. The average Bonchev–Trinajstić information content (AvgIpc) is 3.12. The van der Waals surface area contributed by atoms with Gasteiger partial charge in [0.2, 0.25) is 5.95 Å². The van der Waals surface area contributed by atoms with E-state index in [0.717, 1.165) is 20.9 Å². The first-order valence-electron chi connectivity index (χ1n) is 8.66. The number of nitrogens with one attached hydrogen (secondary N) is 1. The number of anilines is 2. The molecule has 27 heavy (non-hydrogen) atoms. The van der Waals surface area contributed by atoms with Crippen molar-refractivity contribution in [1.29, 1.82) is 0 Å². The van der Waals surface area contributed by atoms with Crippen molar-refractivity contribution in [3.05, 3.63) is 60.2 Å². The lowest BCUT2D eigenvalue weighted by atomic mass is 10.2. The monoisotopic (exact) mass is 385 g/mol. The van der Waals surface area contributed by atoms with Crippen LogP contribution in [0.15, 0.2) is 54.6 Å². The van der Waals surface area contributed by atoms with Gasteiger partial charge in [0, 0.05) is 31.9 Å². The fourth-order valence-corrected chi connectivity index (χ4v) is 3.34. The second kappa shape index (κ2) is 7.79. The molecule has 0 aliphatic rings. The van der Waals surface area contributed by atoms with Crippen LogP contribution in [-0.4, -0.2) is 42.4 Å². The summed E-state index contributed by atoms with van der Waals surface area (Å²) in [4.78, 5) is 6.43. The minimum atomic E-state index is -3.56. The van der Waals surface area contributed by atoms with Gasteiger partial charge in [0.25, 0.3) is 10.0 Å². The molecule has 0 fully saturated rings. The van der Waals surface area contributed by atoms with Gasteiger partial charge in [0.05, 0.1) is 5.75 Å². The maximum atomic E-state index is 12.4. The van der Waals surface area contributed by atoms with Gasteiger partial charge in [-0.2, -0.15) is 4.98 Å². The zero-order valence-corrected chi connectivity index (χ0v) is 16.4. The minimum absolute atomic E-state index is 0.0587. The minimum Gasteiger partial charge on any atom is -0.378 e. The van der Waals surface area contributed by atoms with Crippen molar-refractivity contribution in [2.24, 2.45) is 0 Å². The number of benzene rings is 2. The van der Waals surface area contributed by atoms with Crippen molar-refractivity contribution in [3.8, 4) is 11.4 Å². The van der Waals surface area contributed by atoms with Gasteiger partial charge in [-0.05, 0) is 24.6 Å². The summed E-state index contributed by atoms with van der Waals surface area (Å²) in [7, 11) is 0.401. The van der Waals surface area contributed by atoms with Crippen LogP contribution in [0.3, 0.4) is 0 Å². The van der Waals surface area contributed by atoms with E-state index in [-0.39, 0.29) is 11.7 Å². The summed E-state index contributed by atoms with van der Waals surface area (Å²) in [5, 5.41) is 7.33. The Balaban J connectivity index is 1.88. The maximum Gasteiger partial charge on any atom is 0.256 e. The average molecular weight is 385 g/mol. The lowest BCUT2D eigenvalue weighted by Gasteiger charge is -2.13. The molecule has 142 valence electrons.